The fourth-order valence-corrected chi connectivity index (χ4v) is 2.91. The van der Waals surface area contributed by atoms with Crippen LogP contribution in [0.5, 0.6) is 0 Å². The van der Waals surface area contributed by atoms with Crippen LogP contribution in [0.1, 0.15) is 9.67 Å². The number of ether oxygens (including phenoxy) is 1. The summed E-state index contributed by atoms with van der Waals surface area (Å²) in [5, 5.41) is 12.5. The zero-order chi connectivity index (χ0) is 15.4. The average molecular weight is 327 g/mol. The molecule has 21 heavy (non-hydrogen) atoms. The smallest absolute Gasteiger partial charge is 0.350 e. The van der Waals surface area contributed by atoms with Crippen LogP contribution in [0.3, 0.4) is 0 Å². The maximum absolute atomic E-state index is 11.9. The zero-order valence-corrected chi connectivity index (χ0v) is 13.0. The van der Waals surface area contributed by atoms with Crippen molar-refractivity contribution < 1.29 is 14.3 Å². The van der Waals surface area contributed by atoms with E-state index in [-0.39, 0.29) is 17.6 Å². The lowest BCUT2D eigenvalue weighted by molar-refractivity contribution is -0.113. The number of nitrogen functional groups attached to an aromatic ring is 1. The Bertz CT molecular complexity index is 667. The lowest BCUT2D eigenvalue weighted by Gasteiger charge is -2.05. The van der Waals surface area contributed by atoms with Gasteiger partial charge in [0.25, 0.3) is 0 Å². The van der Waals surface area contributed by atoms with Gasteiger partial charge in [-0.05, 0) is 11.4 Å². The van der Waals surface area contributed by atoms with E-state index >= 15 is 0 Å². The molecule has 2 rings (SSSR count). The quantitative estimate of drug-likeness (QED) is 0.621. The van der Waals surface area contributed by atoms with E-state index in [0.717, 1.165) is 0 Å². The highest BCUT2D eigenvalue weighted by atomic mass is 32.2. The molecule has 2 aromatic heterocycles. The van der Waals surface area contributed by atoms with Crippen LogP contribution in [0, 0.1) is 0 Å². The SMILES string of the molecule is COC(=O)c1sccc1NC(=O)CSc1nnc(N)n1C. The molecular formula is C11H13N5O3S2. The Kier molecular flexibility index (Phi) is 4.81. The van der Waals surface area contributed by atoms with Gasteiger partial charge >= 0.3 is 5.97 Å². The second kappa shape index (κ2) is 6.59. The Morgan fingerprint density at radius 3 is 2.90 bits per heavy atom. The first-order valence-corrected chi connectivity index (χ1v) is 7.62. The predicted octanol–water partition coefficient (Wildman–Crippen LogP) is 0.976. The molecule has 0 aliphatic rings. The summed E-state index contributed by atoms with van der Waals surface area (Å²) in [6.45, 7) is 0. The third-order valence-electron chi connectivity index (χ3n) is 2.51. The van der Waals surface area contributed by atoms with Crippen molar-refractivity contribution in [2.45, 2.75) is 5.16 Å². The molecule has 8 nitrogen and oxygen atoms in total. The Morgan fingerprint density at radius 1 is 1.52 bits per heavy atom. The van der Waals surface area contributed by atoms with E-state index in [4.69, 9.17) is 5.73 Å². The summed E-state index contributed by atoms with van der Waals surface area (Å²) >= 11 is 2.41. The van der Waals surface area contributed by atoms with Gasteiger partial charge in [0, 0.05) is 7.05 Å². The van der Waals surface area contributed by atoms with E-state index in [2.05, 4.69) is 20.3 Å². The van der Waals surface area contributed by atoms with E-state index in [1.165, 1.54) is 30.2 Å². The van der Waals surface area contributed by atoms with Crippen LogP contribution < -0.4 is 11.1 Å². The standard InChI is InChI=1S/C11H13N5O3S2/c1-16-10(12)14-15-11(16)21-5-7(17)13-6-3-4-20-8(6)9(18)19-2/h3-4H,5H2,1-2H3,(H2,12,14)(H,13,17). The molecule has 0 spiro atoms. The monoisotopic (exact) mass is 327 g/mol. The highest BCUT2D eigenvalue weighted by Crippen LogP contribution is 2.24. The van der Waals surface area contributed by atoms with Crippen molar-refractivity contribution in [3.8, 4) is 0 Å². The minimum absolute atomic E-state index is 0.127. The molecule has 0 saturated carbocycles. The summed E-state index contributed by atoms with van der Waals surface area (Å²) in [7, 11) is 3.01. The first kappa shape index (κ1) is 15.3. The van der Waals surface area contributed by atoms with Gasteiger partial charge in [-0.3, -0.25) is 9.36 Å². The van der Waals surface area contributed by atoms with E-state index in [1.54, 1.807) is 23.1 Å². The number of thiophene rings is 1. The number of hydrogen-bond donors (Lipinski definition) is 2. The Labute approximate surface area is 128 Å². The van der Waals surface area contributed by atoms with Gasteiger partial charge in [-0.2, -0.15) is 0 Å². The van der Waals surface area contributed by atoms with Gasteiger partial charge in [-0.25, -0.2) is 4.79 Å². The number of nitrogens with zero attached hydrogens (tertiary/aromatic N) is 3. The summed E-state index contributed by atoms with van der Waals surface area (Å²) in [5.41, 5.74) is 5.99. The maximum atomic E-state index is 11.9. The summed E-state index contributed by atoms with van der Waals surface area (Å²) in [6, 6.07) is 1.65. The number of nitrogens with two attached hydrogens (primary N) is 1. The van der Waals surface area contributed by atoms with Crippen LogP contribution in [0.2, 0.25) is 0 Å². The molecule has 3 N–H and O–H groups in total. The van der Waals surface area contributed by atoms with Gasteiger partial charge in [0.15, 0.2) is 5.16 Å². The molecule has 0 aliphatic heterocycles. The number of carbonyl (C=O) groups excluding carboxylic acids is 2. The van der Waals surface area contributed by atoms with E-state index < -0.39 is 5.97 Å². The van der Waals surface area contributed by atoms with Crippen molar-refractivity contribution in [2.75, 3.05) is 23.9 Å². The van der Waals surface area contributed by atoms with Crippen molar-refractivity contribution in [3.05, 3.63) is 16.3 Å². The molecule has 0 aliphatic carbocycles. The lowest BCUT2D eigenvalue weighted by atomic mass is 10.4. The molecule has 112 valence electrons. The van der Waals surface area contributed by atoms with Crippen LogP contribution >= 0.6 is 23.1 Å². The topological polar surface area (TPSA) is 112 Å². The molecule has 0 unspecified atom stereocenters. The van der Waals surface area contributed by atoms with E-state index in [0.29, 0.717) is 15.7 Å². The highest BCUT2D eigenvalue weighted by Gasteiger charge is 2.16. The normalized spacial score (nSPS) is 10.4. The van der Waals surface area contributed by atoms with Crippen LogP contribution in [-0.2, 0) is 16.6 Å². The molecule has 0 fully saturated rings. The van der Waals surface area contributed by atoms with Crippen molar-refractivity contribution in [3.63, 3.8) is 0 Å². The number of aromatic nitrogens is 3. The zero-order valence-electron chi connectivity index (χ0n) is 11.3. The molecule has 0 atom stereocenters. The number of esters is 1. The summed E-state index contributed by atoms with van der Waals surface area (Å²) in [6.07, 6.45) is 0. The van der Waals surface area contributed by atoms with E-state index in [1.807, 2.05) is 0 Å². The Hall–Kier alpha value is -2.07. The van der Waals surface area contributed by atoms with E-state index in [9.17, 15) is 9.59 Å². The number of anilines is 2. The largest absolute Gasteiger partial charge is 0.465 e. The minimum Gasteiger partial charge on any atom is -0.465 e. The summed E-state index contributed by atoms with van der Waals surface area (Å²) in [5.74, 6) is -0.328. The summed E-state index contributed by atoms with van der Waals surface area (Å²) < 4.78 is 6.23. The Morgan fingerprint density at radius 2 is 2.29 bits per heavy atom. The molecule has 2 aromatic rings. The third kappa shape index (κ3) is 3.52. The average Bonchev–Trinajstić information content (AvgIpc) is 3.05. The molecular weight excluding hydrogens is 314 g/mol. The Balaban J connectivity index is 1.95. The first-order chi connectivity index (χ1) is 10.0. The maximum Gasteiger partial charge on any atom is 0.350 e. The number of thioether (sulfide) groups is 1. The minimum atomic E-state index is -0.478. The van der Waals surface area contributed by atoms with Crippen LogP contribution in [0.15, 0.2) is 16.6 Å². The molecule has 10 heteroatoms. The second-order valence-corrected chi connectivity index (χ2v) is 5.75. The molecule has 2 heterocycles. The van der Waals surface area contributed by atoms with Gasteiger partial charge in [-0.1, -0.05) is 11.8 Å². The van der Waals surface area contributed by atoms with Crippen molar-refractivity contribution in [1.82, 2.24) is 14.8 Å². The van der Waals surface area contributed by atoms with Crippen molar-refractivity contribution in [1.29, 1.82) is 0 Å². The van der Waals surface area contributed by atoms with Gasteiger partial charge < -0.3 is 15.8 Å². The van der Waals surface area contributed by atoms with Crippen LogP contribution in [0.4, 0.5) is 11.6 Å². The fourth-order valence-electron chi connectivity index (χ4n) is 1.43. The molecule has 0 bridgehead atoms. The molecule has 0 aromatic carbocycles. The van der Waals surface area contributed by atoms with Crippen LogP contribution in [0.25, 0.3) is 0 Å². The van der Waals surface area contributed by atoms with Gasteiger partial charge in [0.05, 0.1) is 18.6 Å². The van der Waals surface area contributed by atoms with Crippen molar-refractivity contribution in [2.24, 2.45) is 7.05 Å². The van der Waals surface area contributed by atoms with Crippen LogP contribution in [-0.4, -0.2) is 39.5 Å². The molecule has 0 saturated heterocycles. The number of nitrogens with one attached hydrogen (secondary N) is 1. The third-order valence-corrected chi connectivity index (χ3v) is 4.43. The number of carbonyl (C=O) groups is 2. The predicted molar refractivity (Wildman–Crippen MR) is 80.4 cm³/mol. The van der Waals surface area contributed by atoms with Gasteiger partial charge in [-0.15, -0.1) is 21.5 Å². The molecule has 0 radical (unpaired) electrons. The number of methoxy groups -OCH3 is 1. The summed E-state index contributed by atoms with van der Waals surface area (Å²) in [4.78, 5) is 23.8. The fraction of sp³-hybridized carbons (Fsp3) is 0.273. The lowest BCUT2D eigenvalue weighted by Crippen LogP contribution is -2.16. The van der Waals surface area contributed by atoms with Gasteiger partial charge in [0.2, 0.25) is 11.9 Å². The molecule has 1 amide bonds. The number of hydrogen-bond acceptors (Lipinski definition) is 8. The van der Waals surface area contributed by atoms with Gasteiger partial charge in [0.1, 0.15) is 4.88 Å². The second-order valence-electron chi connectivity index (χ2n) is 3.89. The highest BCUT2D eigenvalue weighted by molar-refractivity contribution is 7.99. The first-order valence-electron chi connectivity index (χ1n) is 5.76. The number of amides is 1. The van der Waals surface area contributed by atoms with Crippen molar-refractivity contribution >= 4 is 46.6 Å². The number of rotatable bonds is 5.